The largest absolute Gasteiger partial charge is 0.384 e. The van der Waals surface area contributed by atoms with Crippen LogP contribution < -0.4 is 16.4 Å². The number of primary amides is 1. The van der Waals surface area contributed by atoms with Crippen molar-refractivity contribution < 1.29 is 9.59 Å². The smallest absolute Gasteiger partial charge is 0.209 e. The van der Waals surface area contributed by atoms with Gasteiger partial charge >= 0.3 is 0 Å². The highest BCUT2D eigenvalue weighted by Crippen LogP contribution is 2.13. The van der Waals surface area contributed by atoms with Crippen LogP contribution >= 0.6 is 11.8 Å². The Morgan fingerprint density at radius 3 is 2.29 bits per heavy atom. The van der Waals surface area contributed by atoms with E-state index in [9.17, 15) is 9.59 Å². The fourth-order valence-electron chi connectivity index (χ4n) is 2.85. The summed E-state index contributed by atoms with van der Waals surface area (Å²) in [6, 6.07) is 0.190. The van der Waals surface area contributed by atoms with Crippen LogP contribution in [0.25, 0.3) is 0 Å². The second-order valence-corrected chi connectivity index (χ2v) is 9.31. The second kappa shape index (κ2) is 17.8. The minimum atomic E-state index is -0.439. The molecule has 0 aliphatic carbocycles. The summed E-state index contributed by atoms with van der Waals surface area (Å²) in [6.07, 6.45) is 12.1. The molecular weight excluding hydrogens is 405 g/mol. The van der Waals surface area contributed by atoms with Crippen LogP contribution in [-0.4, -0.2) is 43.1 Å². The van der Waals surface area contributed by atoms with Crippen molar-refractivity contribution >= 4 is 31.4 Å². The van der Waals surface area contributed by atoms with E-state index in [0.29, 0.717) is 12.1 Å². The molecule has 7 heteroatoms. The monoisotopic (exact) mass is 446 g/mol. The molecule has 0 aliphatic heterocycles. The van der Waals surface area contributed by atoms with Crippen LogP contribution in [0.5, 0.6) is 0 Å². The molecule has 2 atom stereocenters. The van der Waals surface area contributed by atoms with E-state index in [0.717, 1.165) is 37.2 Å². The van der Waals surface area contributed by atoms with Crippen molar-refractivity contribution in [3.8, 4) is 0 Å². The lowest BCUT2D eigenvalue weighted by atomic mass is 9.65. The Kier molecular flexibility index (Phi) is 16.7. The summed E-state index contributed by atoms with van der Waals surface area (Å²) in [5.41, 5.74) is 10.1. The van der Waals surface area contributed by atoms with Crippen LogP contribution in [0.4, 0.5) is 0 Å². The van der Waals surface area contributed by atoms with Gasteiger partial charge in [-0.05, 0) is 60.3 Å². The molecule has 0 bridgehead atoms. The van der Waals surface area contributed by atoms with Gasteiger partial charge < -0.3 is 16.4 Å². The fourth-order valence-corrected chi connectivity index (χ4v) is 3.83. The molecule has 0 aliphatic rings. The third kappa shape index (κ3) is 17.5. The highest BCUT2D eigenvalue weighted by Gasteiger charge is 2.16. The molecule has 4 N–H and O–H groups in total. The number of carbonyl (C=O) groups excluding carboxylic acids is 2. The standard InChI is InChI=1S/C24H41BN3O2S/c1-18(2)9-7-10-19(3)11-8-12-20(4)13-14-31-16-21(5)28-22(6)24(27-17-29)25-15-23(26)30/h9,11,13,17,21,24,28H,6-8,10,12,14-16H2,1-5H3,(H2,26,30)(H,27,29)/b19-11+,20-13+. The van der Waals surface area contributed by atoms with Crippen LogP contribution in [0.3, 0.4) is 0 Å². The Balaban J connectivity index is 4.18. The number of hydrogen-bond donors (Lipinski definition) is 3. The summed E-state index contributed by atoms with van der Waals surface area (Å²) in [4.78, 5) is 21.7. The molecular formula is C24H41BN3O2S. The molecule has 0 fully saturated rings. The molecule has 0 aromatic heterocycles. The first-order valence-electron chi connectivity index (χ1n) is 10.9. The van der Waals surface area contributed by atoms with Crippen molar-refractivity contribution in [3.63, 3.8) is 0 Å². The molecule has 5 nitrogen and oxygen atoms in total. The summed E-state index contributed by atoms with van der Waals surface area (Å²) in [5.74, 6) is 1.02. The SMILES string of the molecule is C=C(NC(C)CSC/C=C(\C)CC/C=C(\C)CCC=C(C)C)C([B]CC(N)=O)NC=O. The third-order valence-corrected chi connectivity index (χ3v) is 5.79. The molecule has 2 unspecified atom stereocenters. The van der Waals surface area contributed by atoms with Gasteiger partial charge in [-0.3, -0.25) is 9.59 Å². The van der Waals surface area contributed by atoms with Gasteiger partial charge in [-0.2, -0.15) is 11.8 Å². The van der Waals surface area contributed by atoms with E-state index in [1.165, 1.54) is 16.7 Å². The number of allylic oxidation sites excluding steroid dienone is 5. The first kappa shape index (κ1) is 29.1. The molecule has 0 saturated carbocycles. The molecule has 0 rings (SSSR count). The van der Waals surface area contributed by atoms with Gasteiger partial charge in [0, 0.05) is 35.5 Å². The minimum absolute atomic E-state index is 0.0869. The first-order chi connectivity index (χ1) is 14.6. The maximum atomic E-state index is 11.0. The molecule has 1 radical (unpaired) electrons. The zero-order chi connectivity index (χ0) is 23.6. The summed E-state index contributed by atoms with van der Waals surface area (Å²) >= 11 is 1.85. The van der Waals surface area contributed by atoms with Crippen LogP contribution in [0.15, 0.2) is 47.2 Å². The van der Waals surface area contributed by atoms with Crippen LogP contribution in [0, 0.1) is 0 Å². The van der Waals surface area contributed by atoms with Gasteiger partial charge in [0.2, 0.25) is 12.3 Å². The lowest BCUT2D eigenvalue weighted by molar-refractivity contribution is -0.116. The number of carbonyl (C=O) groups is 2. The van der Waals surface area contributed by atoms with Crippen molar-refractivity contribution in [1.82, 2.24) is 10.6 Å². The third-order valence-electron chi connectivity index (χ3n) is 4.65. The summed E-state index contributed by atoms with van der Waals surface area (Å²) in [7, 11) is 1.65. The number of hydrogen-bond acceptors (Lipinski definition) is 4. The van der Waals surface area contributed by atoms with Gasteiger partial charge in [0.05, 0.1) is 0 Å². The zero-order valence-corrected chi connectivity index (χ0v) is 20.8. The van der Waals surface area contributed by atoms with Gasteiger partial charge in [-0.15, -0.1) is 0 Å². The van der Waals surface area contributed by atoms with E-state index < -0.39 is 11.8 Å². The molecule has 2 amide bonds. The Morgan fingerprint density at radius 1 is 1.10 bits per heavy atom. The van der Waals surface area contributed by atoms with E-state index in [1.54, 1.807) is 7.28 Å². The van der Waals surface area contributed by atoms with E-state index >= 15 is 0 Å². The van der Waals surface area contributed by atoms with E-state index in [-0.39, 0.29) is 12.4 Å². The van der Waals surface area contributed by atoms with Gasteiger partial charge in [0.1, 0.15) is 0 Å². The minimum Gasteiger partial charge on any atom is -0.384 e. The molecule has 0 aromatic carbocycles. The summed E-state index contributed by atoms with van der Waals surface area (Å²) in [5, 5.41) is 5.93. The fraction of sp³-hybridized carbons (Fsp3) is 0.583. The van der Waals surface area contributed by atoms with E-state index in [2.05, 4.69) is 70.1 Å². The number of rotatable bonds is 18. The molecule has 31 heavy (non-hydrogen) atoms. The Bertz CT molecular complexity index is 655. The lowest BCUT2D eigenvalue weighted by Crippen LogP contribution is -2.43. The van der Waals surface area contributed by atoms with Crippen molar-refractivity contribution in [2.75, 3.05) is 11.5 Å². The summed E-state index contributed by atoms with van der Waals surface area (Å²) < 4.78 is 0. The maximum Gasteiger partial charge on any atom is 0.209 e. The molecule has 0 saturated heterocycles. The molecule has 0 spiro atoms. The normalized spacial score (nSPS) is 13.7. The number of amides is 2. The van der Waals surface area contributed by atoms with Crippen molar-refractivity contribution in [3.05, 3.63) is 47.2 Å². The van der Waals surface area contributed by atoms with Crippen molar-refractivity contribution in [2.24, 2.45) is 5.73 Å². The number of thioether (sulfide) groups is 1. The van der Waals surface area contributed by atoms with Crippen LogP contribution in [0.1, 0.15) is 60.3 Å². The lowest BCUT2D eigenvalue weighted by Gasteiger charge is -2.23. The molecule has 0 aromatic rings. The van der Waals surface area contributed by atoms with E-state index in [4.69, 9.17) is 5.73 Å². The predicted octanol–water partition coefficient (Wildman–Crippen LogP) is 4.31. The highest BCUT2D eigenvalue weighted by atomic mass is 32.2. The Morgan fingerprint density at radius 2 is 1.71 bits per heavy atom. The van der Waals surface area contributed by atoms with Gasteiger partial charge in [-0.25, -0.2) is 0 Å². The van der Waals surface area contributed by atoms with Gasteiger partial charge in [0.15, 0.2) is 7.28 Å². The Labute approximate surface area is 194 Å². The van der Waals surface area contributed by atoms with Crippen molar-refractivity contribution in [2.45, 2.75) is 78.6 Å². The predicted molar refractivity (Wildman–Crippen MR) is 137 cm³/mol. The maximum absolute atomic E-state index is 11.0. The van der Waals surface area contributed by atoms with Crippen molar-refractivity contribution in [1.29, 1.82) is 0 Å². The van der Waals surface area contributed by atoms with Crippen LogP contribution in [-0.2, 0) is 9.59 Å². The molecule has 173 valence electrons. The second-order valence-electron chi connectivity index (χ2n) is 8.24. The summed E-state index contributed by atoms with van der Waals surface area (Å²) in [6.45, 7) is 14.8. The van der Waals surface area contributed by atoms with Gasteiger partial charge in [0.25, 0.3) is 0 Å². The number of nitrogens with one attached hydrogen (secondary N) is 2. The Hall–Kier alpha value is -1.89. The number of nitrogens with two attached hydrogens (primary N) is 1. The first-order valence-corrected chi connectivity index (χ1v) is 12.1. The van der Waals surface area contributed by atoms with Gasteiger partial charge in [-0.1, -0.05) is 41.5 Å². The van der Waals surface area contributed by atoms with E-state index in [1.807, 2.05) is 11.8 Å². The zero-order valence-electron chi connectivity index (χ0n) is 20.0. The topological polar surface area (TPSA) is 84.2 Å². The van der Waals surface area contributed by atoms with Crippen LogP contribution in [0.2, 0.25) is 6.32 Å². The average Bonchev–Trinajstić information content (AvgIpc) is 2.67. The average molecular weight is 446 g/mol. The quantitative estimate of drug-likeness (QED) is 0.127. The molecule has 0 heterocycles. The highest BCUT2D eigenvalue weighted by molar-refractivity contribution is 7.99.